The number of methoxy groups -OCH3 is 1. The molecule has 3 aromatic rings. The van der Waals surface area contributed by atoms with Crippen LogP contribution in [0.25, 0.3) is 0 Å². The first-order valence-corrected chi connectivity index (χ1v) is 11.1. The van der Waals surface area contributed by atoms with E-state index in [0.29, 0.717) is 24.5 Å². The lowest BCUT2D eigenvalue weighted by Crippen LogP contribution is -2.43. The molecule has 0 aliphatic carbocycles. The van der Waals surface area contributed by atoms with Crippen molar-refractivity contribution in [1.82, 2.24) is 0 Å². The van der Waals surface area contributed by atoms with Gasteiger partial charge in [0, 0.05) is 31.3 Å². The number of nitro groups is 1. The number of hydrogen-bond donors (Lipinski definition) is 0. The minimum Gasteiger partial charge on any atom is -0.497 e. The summed E-state index contributed by atoms with van der Waals surface area (Å²) in [4.78, 5) is 12.5. The van der Waals surface area contributed by atoms with Gasteiger partial charge in [0.1, 0.15) is 5.75 Å². The van der Waals surface area contributed by atoms with Gasteiger partial charge in [0.05, 0.1) is 34.8 Å². The Morgan fingerprint density at radius 1 is 0.968 bits per heavy atom. The third-order valence-corrected chi connectivity index (χ3v) is 7.04. The Balaban J connectivity index is 1.72. The second-order valence-corrected chi connectivity index (χ2v) is 8.95. The van der Waals surface area contributed by atoms with Crippen LogP contribution in [-0.2, 0) is 16.6 Å². The molecule has 31 heavy (non-hydrogen) atoms. The normalized spacial score (nSPS) is 13.6. The zero-order chi connectivity index (χ0) is 22.0. The van der Waals surface area contributed by atoms with Gasteiger partial charge in [-0.25, -0.2) is 8.42 Å². The molecule has 0 unspecified atom stereocenters. The highest BCUT2D eigenvalue weighted by molar-refractivity contribution is 7.92. The Labute approximate surface area is 180 Å². The van der Waals surface area contributed by atoms with Gasteiger partial charge in [-0.15, -0.1) is 0 Å². The minimum atomic E-state index is -3.89. The monoisotopic (exact) mass is 439 g/mol. The van der Waals surface area contributed by atoms with Crippen LogP contribution in [0.3, 0.4) is 0 Å². The second-order valence-electron chi connectivity index (χ2n) is 7.09. The van der Waals surface area contributed by atoms with Crippen LogP contribution in [0.2, 0.25) is 0 Å². The van der Waals surface area contributed by atoms with E-state index >= 15 is 0 Å². The minimum absolute atomic E-state index is 0.0105. The van der Waals surface area contributed by atoms with Crippen LogP contribution in [0.5, 0.6) is 5.75 Å². The average Bonchev–Trinajstić information content (AvgIpc) is 2.79. The number of hydrogen-bond acceptors (Lipinski definition) is 6. The first-order valence-electron chi connectivity index (χ1n) is 9.64. The van der Waals surface area contributed by atoms with Crippen LogP contribution in [0, 0.1) is 10.1 Å². The number of benzene rings is 3. The van der Waals surface area contributed by atoms with Gasteiger partial charge in [-0.05, 0) is 29.8 Å². The Bertz CT molecular complexity index is 1200. The fourth-order valence-electron chi connectivity index (χ4n) is 3.63. The maximum atomic E-state index is 13.4. The van der Waals surface area contributed by atoms with E-state index in [1.54, 1.807) is 19.2 Å². The van der Waals surface area contributed by atoms with Crippen molar-refractivity contribution in [3.63, 3.8) is 0 Å². The summed E-state index contributed by atoms with van der Waals surface area (Å²) < 4.78 is 33.4. The number of ether oxygens (including phenoxy) is 1. The zero-order valence-corrected chi connectivity index (χ0v) is 17.7. The maximum Gasteiger partial charge on any atom is 0.269 e. The van der Waals surface area contributed by atoms with Crippen LogP contribution >= 0.6 is 0 Å². The molecule has 0 radical (unpaired) electrons. The van der Waals surface area contributed by atoms with Gasteiger partial charge in [0.25, 0.3) is 15.7 Å². The molecule has 1 heterocycles. The lowest BCUT2D eigenvalue weighted by Gasteiger charge is -2.38. The standard InChI is InChI=1S/C22H21N3O5S/c1-30-19-9-12-21-22(15-19)23(16-17-5-3-2-4-6-17)13-14-24(21)31(28,29)20-10-7-18(8-11-20)25(26)27/h2-12,15H,13-14,16H2,1H3. The Morgan fingerprint density at radius 2 is 1.68 bits per heavy atom. The number of non-ortho nitro benzene ring substituents is 1. The fraction of sp³-hybridized carbons (Fsp3) is 0.182. The molecule has 4 rings (SSSR count). The first-order chi connectivity index (χ1) is 14.9. The van der Waals surface area contributed by atoms with Crippen LogP contribution in [0.15, 0.2) is 77.7 Å². The van der Waals surface area contributed by atoms with E-state index in [-0.39, 0.29) is 17.1 Å². The van der Waals surface area contributed by atoms with Gasteiger partial charge < -0.3 is 9.64 Å². The second kappa shape index (κ2) is 8.27. The molecule has 3 aromatic carbocycles. The molecule has 0 fully saturated rings. The Morgan fingerprint density at radius 3 is 2.32 bits per heavy atom. The van der Waals surface area contributed by atoms with Gasteiger partial charge in [-0.2, -0.15) is 0 Å². The molecule has 0 atom stereocenters. The smallest absolute Gasteiger partial charge is 0.269 e. The summed E-state index contributed by atoms with van der Waals surface area (Å²) in [6, 6.07) is 20.2. The quantitative estimate of drug-likeness (QED) is 0.428. The number of sulfonamides is 1. The summed E-state index contributed by atoms with van der Waals surface area (Å²) in [6.07, 6.45) is 0. The van der Waals surface area contributed by atoms with E-state index in [4.69, 9.17) is 4.74 Å². The molecule has 0 N–H and O–H groups in total. The molecule has 1 aliphatic rings. The third kappa shape index (κ3) is 4.04. The summed E-state index contributed by atoms with van der Waals surface area (Å²) in [7, 11) is -2.32. The van der Waals surface area contributed by atoms with Crippen LogP contribution in [0.4, 0.5) is 17.1 Å². The topological polar surface area (TPSA) is 93.0 Å². The molecule has 8 nitrogen and oxygen atoms in total. The van der Waals surface area contributed by atoms with Gasteiger partial charge in [0.2, 0.25) is 0 Å². The van der Waals surface area contributed by atoms with Crippen molar-refractivity contribution in [2.75, 3.05) is 29.4 Å². The summed E-state index contributed by atoms with van der Waals surface area (Å²) >= 11 is 0. The summed E-state index contributed by atoms with van der Waals surface area (Å²) in [6.45, 7) is 1.37. The van der Waals surface area contributed by atoms with Crippen molar-refractivity contribution >= 4 is 27.1 Å². The molecule has 160 valence electrons. The SMILES string of the molecule is COc1ccc2c(c1)N(Cc1ccccc1)CCN2S(=O)(=O)c1ccc([N+](=O)[O-])cc1. The maximum absolute atomic E-state index is 13.4. The van der Waals surface area contributed by atoms with Crippen molar-refractivity contribution in [3.05, 3.63) is 88.5 Å². The van der Waals surface area contributed by atoms with Gasteiger partial charge in [-0.1, -0.05) is 30.3 Å². The Kier molecular flexibility index (Phi) is 5.51. The van der Waals surface area contributed by atoms with Crippen LogP contribution < -0.4 is 13.9 Å². The van der Waals surface area contributed by atoms with Crippen molar-refractivity contribution in [2.45, 2.75) is 11.4 Å². The van der Waals surface area contributed by atoms with Crippen molar-refractivity contribution in [1.29, 1.82) is 0 Å². The van der Waals surface area contributed by atoms with Crippen molar-refractivity contribution in [3.8, 4) is 5.75 Å². The van der Waals surface area contributed by atoms with E-state index in [2.05, 4.69) is 4.90 Å². The number of rotatable bonds is 6. The van der Waals surface area contributed by atoms with E-state index in [1.807, 2.05) is 36.4 Å². The molecular formula is C22H21N3O5S. The molecule has 0 bridgehead atoms. The largest absolute Gasteiger partial charge is 0.497 e. The van der Waals surface area contributed by atoms with Gasteiger partial charge in [0.15, 0.2) is 0 Å². The molecule has 0 spiro atoms. The predicted molar refractivity (Wildman–Crippen MR) is 118 cm³/mol. The molecular weight excluding hydrogens is 418 g/mol. The summed E-state index contributed by atoms with van der Waals surface area (Å²) in [5.74, 6) is 0.631. The van der Waals surface area contributed by atoms with Crippen molar-refractivity contribution in [2.24, 2.45) is 0 Å². The van der Waals surface area contributed by atoms with Crippen LogP contribution in [-0.4, -0.2) is 33.5 Å². The lowest BCUT2D eigenvalue weighted by molar-refractivity contribution is -0.384. The summed E-state index contributed by atoms with van der Waals surface area (Å²) in [5.41, 5.74) is 2.25. The molecule has 9 heteroatoms. The highest BCUT2D eigenvalue weighted by Gasteiger charge is 2.32. The van der Waals surface area contributed by atoms with Crippen LogP contribution in [0.1, 0.15) is 5.56 Å². The van der Waals surface area contributed by atoms with Gasteiger partial charge in [-0.3, -0.25) is 14.4 Å². The predicted octanol–water partition coefficient (Wildman–Crippen LogP) is 3.82. The molecule has 0 saturated heterocycles. The average molecular weight is 439 g/mol. The number of nitrogens with zero attached hydrogens (tertiary/aromatic N) is 3. The van der Waals surface area contributed by atoms with E-state index in [9.17, 15) is 18.5 Å². The van der Waals surface area contributed by atoms with E-state index in [1.165, 1.54) is 28.6 Å². The van der Waals surface area contributed by atoms with Gasteiger partial charge >= 0.3 is 0 Å². The number of anilines is 2. The molecule has 0 aromatic heterocycles. The first kappa shape index (κ1) is 20.7. The third-order valence-electron chi connectivity index (χ3n) is 5.22. The highest BCUT2D eigenvalue weighted by atomic mass is 32.2. The summed E-state index contributed by atoms with van der Waals surface area (Å²) in [5, 5.41) is 10.9. The number of fused-ring (bicyclic) bond motifs is 1. The molecule has 0 saturated carbocycles. The fourth-order valence-corrected chi connectivity index (χ4v) is 5.10. The highest BCUT2D eigenvalue weighted by Crippen LogP contribution is 2.39. The molecule has 0 amide bonds. The van der Waals surface area contributed by atoms with E-state index < -0.39 is 14.9 Å². The van der Waals surface area contributed by atoms with Crippen molar-refractivity contribution < 1.29 is 18.1 Å². The van der Waals surface area contributed by atoms with E-state index in [0.717, 1.165) is 11.3 Å². The number of nitro benzene ring substituents is 1. The molecule has 1 aliphatic heterocycles. The lowest BCUT2D eigenvalue weighted by atomic mass is 10.1. The zero-order valence-electron chi connectivity index (χ0n) is 16.8. The Hall–Kier alpha value is -3.59.